The van der Waals surface area contributed by atoms with Gasteiger partial charge in [0, 0.05) is 15.1 Å². The van der Waals surface area contributed by atoms with Crippen molar-refractivity contribution in [2.24, 2.45) is 0 Å². The zero-order valence-corrected chi connectivity index (χ0v) is 17.2. The Kier molecular flexibility index (Phi) is 6.61. The zero-order chi connectivity index (χ0) is 17.6. The maximum Gasteiger partial charge on any atom is 0.0503 e. The number of halogens is 3. The van der Waals surface area contributed by atoms with Gasteiger partial charge in [0.25, 0.3) is 0 Å². The van der Waals surface area contributed by atoms with Gasteiger partial charge >= 0.3 is 0 Å². The van der Waals surface area contributed by atoms with Crippen LogP contribution in [0.3, 0.4) is 0 Å². The van der Waals surface area contributed by atoms with E-state index in [0.29, 0.717) is 0 Å². The molecule has 0 aliphatic rings. The van der Waals surface area contributed by atoms with E-state index in [1.807, 2.05) is 36.4 Å². The minimum absolute atomic E-state index is 0.846. The molecule has 0 saturated carbocycles. The molecule has 0 heterocycles. The molecule has 0 aliphatic heterocycles. The van der Waals surface area contributed by atoms with E-state index in [9.17, 15) is 0 Å². The van der Waals surface area contributed by atoms with Crippen LogP contribution in [0.4, 0.5) is 0 Å². The Morgan fingerprint density at radius 3 is 1.04 bits per heavy atom. The van der Waals surface area contributed by atoms with Gasteiger partial charge in [0.05, 0.1) is 8.80 Å². The van der Waals surface area contributed by atoms with E-state index < -0.39 is 8.80 Å². The van der Waals surface area contributed by atoms with Gasteiger partial charge in [-0.3, -0.25) is 0 Å². The first kappa shape index (κ1) is 18.5. The second-order valence-electron chi connectivity index (χ2n) is 6.25. The van der Waals surface area contributed by atoms with Crippen LogP contribution in [0.2, 0.25) is 15.1 Å². The molecular formula is C21H19Cl3Si. The second-order valence-corrected chi connectivity index (χ2v) is 10.4. The highest BCUT2D eigenvalue weighted by Gasteiger charge is 2.17. The highest BCUT2D eigenvalue weighted by molar-refractivity contribution is 6.58. The number of hydrogen-bond donors (Lipinski definition) is 0. The van der Waals surface area contributed by atoms with Gasteiger partial charge in [0.15, 0.2) is 0 Å². The van der Waals surface area contributed by atoms with E-state index in [-0.39, 0.29) is 0 Å². The maximum absolute atomic E-state index is 6.41. The third-order valence-corrected chi connectivity index (χ3v) is 8.56. The molecule has 3 aromatic rings. The van der Waals surface area contributed by atoms with Crippen molar-refractivity contribution in [3.05, 3.63) is 105 Å². The van der Waals surface area contributed by atoms with Gasteiger partial charge in [0.1, 0.15) is 0 Å². The Balaban J connectivity index is 1.86. The van der Waals surface area contributed by atoms with E-state index in [4.69, 9.17) is 34.8 Å². The molecular weight excluding hydrogens is 387 g/mol. The maximum atomic E-state index is 6.41. The third-order valence-electron chi connectivity index (χ3n) is 4.40. The first-order chi connectivity index (χ1) is 12.1. The van der Waals surface area contributed by atoms with Crippen molar-refractivity contribution in [3.63, 3.8) is 0 Å². The first-order valence-corrected chi connectivity index (χ1v) is 11.9. The predicted octanol–water partition coefficient (Wildman–Crippen LogP) is 6.52. The number of hydrogen-bond acceptors (Lipinski definition) is 0. The summed E-state index contributed by atoms with van der Waals surface area (Å²) in [5, 5.41) is 2.54. The molecule has 4 heteroatoms. The van der Waals surface area contributed by atoms with Crippen molar-refractivity contribution in [2.75, 3.05) is 0 Å². The molecule has 0 unspecified atom stereocenters. The molecule has 0 N–H and O–H groups in total. The average Bonchev–Trinajstić information content (AvgIpc) is 2.61. The standard InChI is InChI=1S/C21H19Cl3Si/c22-19-10-4-1-7-16(19)13-25(14-17-8-2-5-11-20(17)23)15-18-9-3-6-12-21(18)24/h1-12,25H,13-15H2. The van der Waals surface area contributed by atoms with Crippen LogP contribution in [-0.4, -0.2) is 8.80 Å². The van der Waals surface area contributed by atoms with Gasteiger partial charge < -0.3 is 0 Å². The summed E-state index contributed by atoms with van der Waals surface area (Å²) in [4.78, 5) is 0. The summed E-state index contributed by atoms with van der Waals surface area (Å²) in [6.45, 7) is 0. The summed E-state index contributed by atoms with van der Waals surface area (Å²) in [7, 11) is -1.25. The average molecular weight is 406 g/mol. The Labute approximate surface area is 166 Å². The van der Waals surface area contributed by atoms with Crippen LogP contribution in [0.25, 0.3) is 0 Å². The van der Waals surface area contributed by atoms with E-state index >= 15 is 0 Å². The third kappa shape index (κ3) is 5.12. The van der Waals surface area contributed by atoms with Crippen LogP contribution in [0.5, 0.6) is 0 Å². The van der Waals surface area contributed by atoms with Gasteiger partial charge in [-0.2, -0.15) is 0 Å². The number of benzene rings is 3. The molecule has 128 valence electrons. The lowest BCUT2D eigenvalue weighted by Crippen LogP contribution is -2.25. The predicted molar refractivity (Wildman–Crippen MR) is 113 cm³/mol. The largest absolute Gasteiger partial charge is 0.0841 e. The molecule has 0 radical (unpaired) electrons. The van der Waals surface area contributed by atoms with Gasteiger partial charge in [-0.05, 0) is 53.0 Å². The van der Waals surface area contributed by atoms with Crippen molar-refractivity contribution in [3.8, 4) is 0 Å². The Bertz CT molecular complexity index is 735. The van der Waals surface area contributed by atoms with E-state index in [1.165, 1.54) is 16.7 Å². The highest BCUT2D eigenvalue weighted by Crippen LogP contribution is 2.24. The fourth-order valence-electron chi connectivity index (χ4n) is 3.14. The Morgan fingerprint density at radius 1 is 0.480 bits per heavy atom. The lowest BCUT2D eigenvalue weighted by atomic mass is 10.2. The molecule has 0 spiro atoms. The zero-order valence-electron chi connectivity index (χ0n) is 13.8. The van der Waals surface area contributed by atoms with Crippen LogP contribution in [0.15, 0.2) is 72.8 Å². The fourth-order valence-corrected chi connectivity index (χ4v) is 7.54. The molecule has 3 aromatic carbocycles. The second kappa shape index (κ2) is 8.91. The molecule has 0 bridgehead atoms. The fraction of sp³-hybridized carbons (Fsp3) is 0.143. The van der Waals surface area contributed by atoms with Crippen LogP contribution in [0.1, 0.15) is 16.7 Å². The van der Waals surface area contributed by atoms with Crippen molar-refractivity contribution >= 4 is 43.6 Å². The summed E-state index contributed by atoms with van der Waals surface area (Å²) in [5.41, 5.74) is 3.67. The number of rotatable bonds is 6. The molecule has 0 aliphatic carbocycles. The van der Waals surface area contributed by atoms with Crippen LogP contribution in [0, 0.1) is 0 Å². The molecule has 0 atom stereocenters. The summed E-state index contributed by atoms with van der Waals surface area (Å²) in [6.07, 6.45) is 0. The molecule has 3 rings (SSSR count). The SMILES string of the molecule is Clc1ccccc1C[SiH](Cc1ccccc1Cl)Cc1ccccc1Cl. The molecule has 0 fully saturated rings. The van der Waals surface area contributed by atoms with Crippen LogP contribution < -0.4 is 0 Å². The van der Waals surface area contributed by atoms with Crippen molar-refractivity contribution in [1.82, 2.24) is 0 Å². The monoisotopic (exact) mass is 404 g/mol. The summed E-state index contributed by atoms with van der Waals surface area (Å²) >= 11 is 19.2. The van der Waals surface area contributed by atoms with Gasteiger partial charge in [-0.15, -0.1) is 0 Å². The molecule has 25 heavy (non-hydrogen) atoms. The van der Waals surface area contributed by atoms with Gasteiger partial charge in [-0.25, -0.2) is 0 Å². The summed E-state index contributed by atoms with van der Waals surface area (Å²) in [6, 6.07) is 27.4. The highest BCUT2D eigenvalue weighted by atomic mass is 35.5. The molecule has 0 aromatic heterocycles. The van der Waals surface area contributed by atoms with E-state index in [2.05, 4.69) is 36.4 Å². The lowest BCUT2D eigenvalue weighted by Gasteiger charge is -2.18. The van der Waals surface area contributed by atoms with Gasteiger partial charge in [-0.1, -0.05) is 89.4 Å². The first-order valence-electron chi connectivity index (χ1n) is 8.33. The van der Waals surface area contributed by atoms with Crippen LogP contribution in [-0.2, 0) is 18.1 Å². The minimum atomic E-state index is -1.25. The van der Waals surface area contributed by atoms with Crippen molar-refractivity contribution in [2.45, 2.75) is 18.1 Å². The minimum Gasteiger partial charge on any atom is -0.0841 e. The van der Waals surface area contributed by atoms with Crippen molar-refractivity contribution < 1.29 is 0 Å². The normalized spacial score (nSPS) is 11.0. The van der Waals surface area contributed by atoms with E-state index in [1.54, 1.807) is 0 Å². The lowest BCUT2D eigenvalue weighted by molar-refractivity contribution is 1.19. The molecule has 0 amide bonds. The van der Waals surface area contributed by atoms with Crippen LogP contribution >= 0.6 is 34.8 Å². The van der Waals surface area contributed by atoms with E-state index in [0.717, 1.165) is 33.2 Å². The quantitative estimate of drug-likeness (QED) is 0.409. The van der Waals surface area contributed by atoms with Crippen molar-refractivity contribution in [1.29, 1.82) is 0 Å². The Morgan fingerprint density at radius 2 is 0.760 bits per heavy atom. The smallest absolute Gasteiger partial charge is 0.0503 e. The molecule has 0 saturated heterocycles. The van der Waals surface area contributed by atoms with Gasteiger partial charge in [0.2, 0.25) is 0 Å². The molecule has 0 nitrogen and oxygen atoms in total. The topological polar surface area (TPSA) is 0 Å². The summed E-state index contributed by atoms with van der Waals surface area (Å²) in [5.74, 6) is 0. The Hall–Kier alpha value is -1.25. The summed E-state index contributed by atoms with van der Waals surface area (Å²) < 4.78 is 0.